The summed E-state index contributed by atoms with van der Waals surface area (Å²) in [6, 6.07) is 15.6. The number of fused-ring (bicyclic) bond motifs is 1. The number of likely N-dealkylation sites (N-methyl/N-ethyl adjacent to an activating group) is 2. The molecule has 0 saturated carbocycles. The second-order valence-corrected chi connectivity index (χ2v) is 6.27. The number of hydrogen-bond donors (Lipinski definition) is 4. The monoisotopic (exact) mass is 382 g/mol. The first-order valence-electron chi connectivity index (χ1n) is 8.96. The molecule has 1 amide bonds. The Kier molecular flexibility index (Phi) is 8.20. The lowest BCUT2D eigenvalue weighted by atomic mass is 10.1. The molecule has 1 atom stereocenters. The third-order valence-electron chi connectivity index (χ3n) is 4.29. The molecule has 1 heterocycles. The lowest BCUT2D eigenvalue weighted by molar-refractivity contribution is -0.124. The molecule has 0 bridgehead atoms. The summed E-state index contributed by atoms with van der Waals surface area (Å²) in [4.78, 5) is 23.1. The van der Waals surface area contributed by atoms with Gasteiger partial charge in [-0.1, -0.05) is 36.4 Å². The number of amides is 1. The highest BCUT2D eigenvalue weighted by Crippen LogP contribution is 2.34. The second kappa shape index (κ2) is 10.9. The molecule has 0 saturated heterocycles. The second-order valence-electron chi connectivity index (χ2n) is 6.27. The summed E-state index contributed by atoms with van der Waals surface area (Å²) in [6.07, 6.45) is 4.60. The molecule has 2 aromatic rings. The van der Waals surface area contributed by atoms with Crippen LogP contribution < -0.4 is 21.0 Å². The van der Waals surface area contributed by atoms with Gasteiger partial charge in [-0.05, 0) is 36.4 Å². The molecule has 1 unspecified atom stereocenters. The van der Waals surface area contributed by atoms with Crippen LogP contribution in [0.3, 0.4) is 0 Å². The minimum atomic E-state index is -0.543. The molecule has 0 fully saturated rings. The van der Waals surface area contributed by atoms with E-state index in [9.17, 15) is 9.59 Å². The summed E-state index contributed by atoms with van der Waals surface area (Å²) < 4.78 is 0. The van der Waals surface area contributed by atoms with Gasteiger partial charge in [0, 0.05) is 26.1 Å². The van der Waals surface area contributed by atoms with Gasteiger partial charge in [0.05, 0.1) is 11.4 Å². The lowest BCUT2D eigenvalue weighted by Gasteiger charge is -2.21. The Morgan fingerprint density at radius 1 is 1.25 bits per heavy atom. The van der Waals surface area contributed by atoms with E-state index in [0.29, 0.717) is 6.42 Å². The number of hydroxylamine groups is 1. The SMILES string of the molecule is CNCC1Nc2cc(/C=C/C(=O)NO)ccc2N1C.O=CCc1ccccc1. The number of benzene rings is 2. The summed E-state index contributed by atoms with van der Waals surface area (Å²) in [6.45, 7) is 0.837. The van der Waals surface area contributed by atoms with Gasteiger partial charge in [0.15, 0.2) is 0 Å². The number of hydrogen-bond acceptors (Lipinski definition) is 6. The number of nitrogens with zero attached hydrogens (tertiary/aromatic N) is 1. The van der Waals surface area contributed by atoms with E-state index in [-0.39, 0.29) is 6.17 Å². The number of anilines is 2. The van der Waals surface area contributed by atoms with Crippen LogP contribution in [-0.4, -0.2) is 44.2 Å². The van der Waals surface area contributed by atoms with E-state index in [1.165, 1.54) is 6.08 Å². The van der Waals surface area contributed by atoms with E-state index in [4.69, 9.17) is 5.21 Å². The zero-order chi connectivity index (χ0) is 20.4. The maximum atomic E-state index is 10.9. The highest BCUT2D eigenvalue weighted by molar-refractivity contribution is 5.91. The van der Waals surface area contributed by atoms with Crippen molar-refractivity contribution in [2.45, 2.75) is 12.6 Å². The molecule has 0 aliphatic carbocycles. The topological polar surface area (TPSA) is 93.7 Å². The Morgan fingerprint density at radius 2 is 2.00 bits per heavy atom. The summed E-state index contributed by atoms with van der Waals surface area (Å²) in [5, 5.41) is 15.0. The fraction of sp³-hybridized carbons (Fsp3) is 0.238. The molecule has 0 radical (unpaired) electrons. The Morgan fingerprint density at radius 3 is 2.64 bits per heavy atom. The number of carbonyl (C=O) groups is 2. The van der Waals surface area contributed by atoms with Gasteiger partial charge >= 0.3 is 0 Å². The van der Waals surface area contributed by atoms with Gasteiger partial charge in [-0.3, -0.25) is 10.0 Å². The summed E-state index contributed by atoms with van der Waals surface area (Å²) >= 11 is 0. The van der Waals surface area contributed by atoms with Crippen molar-refractivity contribution in [1.82, 2.24) is 10.8 Å². The molecular formula is C21H26N4O3. The molecule has 7 heteroatoms. The maximum absolute atomic E-state index is 10.9. The van der Waals surface area contributed by atoms with Crippen molar-refractivity contribution < 1.29 is 14.8 Å². The van der Waals surface area contributed by atoms with E-state index >= 15 is 0 Å². The van der Waals surface area contributed by atoms with Crippen molar-refractivity contribution in [3.63, 3.8) is 0 Å². The lowest BCUT2D eigenvalue weighted by Crippen LogP contribution is -2.40. The van der Waals surface area contributed by atoms with E-state index in [0.717, 1.165) is 35.3 Å². The molecule has 148 valence electrons. The largest absolute Gasteiger partial charge is 0.362 e. The molecule has 0 spiro atoms. The molecule has 4 N–H and O–H groups in total. The van der Waals surface area contributed by atoms with Gasteiger partial charge in [0.2, 0.25) is 0 Å². The van der Waals surface area contributed by atoms with Crippen LogP contribution in [0, 0.1) is 0 Å². The molecule has 7 nitrogen and oxygen atoms in total. The molecular weight excluding hydrogens is 356 g/mol. The fourth-order valence-corrected chi connectivity index (χ4v) is 2.83. The smallest absolute Gasteiger partial charge is 0.267 e. The standard InChI is InChI=1S/C13H18N4O2.C8H8O/c1-14-8-12-15-10-7-9(4-6-13(18)16-19)3-5-11(10)17(12)2;9-7-6-8-4-2-1-3-5-8/h3-7,12,14-15,19H,8H2,1-2H3,(H,16,18);1-5,7H,6H2/b6-4+;. The predicted molar refractivity (Wildman–Crippen MR) is 111 cm³/mol. The van der Waals surface area contributed by atoms with Crippen molar-refractivity contribution in [3.05, 3.63) is 65.7 Å². The van der Waals surface area contributed by atoms with Crippen LogP contribution in [0.2, 0.25) is 0 Å². The average molecular weight is 382 g/mol. The molecule has 28 heavy (non-hydrogen) atoms. The van der Waals surface area contributed by atoms with Crippen LogP contribution in [0.1, 0.15) is 11.1 Å². The molecule has 3 rings (SSSR count). The van der Waals surface area contributed by atoms with Crippen molar-refractivity contribution >= 4 is 29.6 Å². The Bertz CT molecular complexity index is 809. The molecule has 0 aromatic heterocycles. The third kappa shape index (κ3) is 5.94. The quantitative estimate of drug-likeness (QED) is 0.264. The highest BCUT2D eigenvalue weighted by atomic mass is 16.5. The Labute approximate surface area is 165 Å². The minimum Gasteiger partial charge on any atom is -0.362 e. The first-order chi connectivity index (χ1) is 13.6. The number of nitrogens with one attached hydrogen (secondary N) is 3. The number of aldehydes is 1. The van der Waals surface area contributed by atoms with Gasteiger partial charge in [-0.15, -0.1) is 0 Å². The highest BCUT2D eigenvalue weighted by Gasteiger charge is 2.24. The van der Waals surface area contributed by atoms with Crippen LogP contribution in [-0.2, 0) is 16.0 Å². The first kappa shape index (κ1) is 21.1. The van der Waals surface area contributed by atoms with Crippen LogP contribution >= 0.6 is 0 Å². The van der Waals surface area contributed by atoms with Crippen molar-refractivity contribution in [2.75, 3.05) is 30.9 Å². The maximum Gasteiger partial charge on any atom is 0.267 e. The predicted octanol–water partition coefficient (Wildman–Crippen LogP) is 2.04. The zero-order valence-electron chi connectivity index (χ0n) is 16.1. The van der Waals surface area contributed by atoms with Gasteiger partial charge in [0.25, 0.3) is 5.91 Å². The van der Waals surface area contributed by atoms with E-state index in [2.05, 4.69) is 15.5 Å². The van der Waals surface area contributed by atoms with Crippen LogP contribution in [0.5, 0.6) is 0 Å². The Balaban J connectivity index is 0.000000261. The Hall–Kier alpha value is -3.16. The van der Waals surface area contributed by atoms with E-state index in [1.54, 1.807) is 11.6 Å². The molecule has 2 aromatic carbocycles. The number of rotatable bonds is 6. The third-order valence-corrected chi connectivity index (χ3v) is 4.29. The van der Waals surface area contributed by atoms with Gasteiger partial charge in [-0.2, -0.15) is 0 Å². The summed E-state index contributed by atoms with van der Waals surface area (Å²) in [5.41, 5.74) is 5.70. The molecule has 1 aliphatic rings. The first-order valence-corrected chi connectivity index (χ1v) is 8.96. The van der Waals surface area contributed by atoms with Gasteiger partial charge < -0.3 is 20.3 Å². The van der Waals surface area contributed by atoms with Crippen LogP contribution in [0.4, 0.5) is 11.4 Å². The van der Waals surface area contributed by atoms with Crippen molar-refractivity contribution in [3.8, 4) is 0 Å². The van der Waals surface area contributed by atoms with Crippen LogP contribution in [0.15, 0.2) is 54.6 Å². The molecule has 1 aliphatic heterocycles. The van der Waals surface area contributed by atoms with Crippen LogP contribution in [0.25, 0.3) is 6.08 Å². The normalized spacial score (nSPS) is 14.7. The number of carbonyl (C=O) groups excluding carboxylic acids is 2. The zero-order valence-corrected chi connectivity index (χ0v) is 16.1. The van der Waals surface area contributed by atoms with E-state index < -0.39 is 5.91 Å². The minimum absolute atomic E-state index is 0.222. The average Bonchev–Trinajstić information content (AvgIpc) is 3.03. The van der Waals surface area contributed by atoms with Crippen molar-refractivity contribution in [2.24, 2.45) is 0 Å². The van der Waals surface area contributed by atoms with E-state index in [1.807, 2.05) is 62.6 Å². The van der Waals surface area contributed by atoms with Crippen molar-refractivity contribution in [1.29, 1.82) is 0 Å². The summed E-state index contributed by atoms with van der Waals surface area (Å²) in [7, 11) is 3.95. The fourth-order valence-electron chi connectivity index (χ4n) is 2.83. The van der Waals surface area contributed by atoms with Gasteiger partial charge in [-0.25, -0.2) is 5.48 Å². The summed E-state index contributed by atoms with van der Waals surface area (Å²) in [5.74, 6) is -0.543. The van der Waals surface area contributed by atoms with Gasteiger partial charge in [0.1, 0.15) is 12.5 Å².